The fourth-order valence-electron chi connectivity index (χ4n) is 3.70. The molecule has 0 aromatic rings. The van der Waals surface area contributed by atoms with Gasteiger partial charge in [0.25, 0.3) is 10.2 Å². The largest absolute Gasteiger partial charge is 0.481 e. The summed E-state index contributed by atoms with van der Waals surface area (Å²) in [6, 6.07) is -0.604. The van der Waals surface area contributed by atoms with Gasteiger partial charge < -0.3 is 15.3 Å². The molecule has 0 bridgehead atoms. The molecule has 0 saturated carbocycles. The van der Waals surface area contributed by atoms with Crippen LogP contribution in [0, 0.1) is 11.8 Å². The number of hydrogen-bond acceptors (Lipinski definition) is 4. The molecule has 3 atom stereocenters. The third-order valence-corrected chi connectivity index (χ3v) is 7.11. The number of hydrogen-bond donors (Lipinski definition) is 2. The van der Waals surface area contributed by atoms with Crippen LogP contribution in [-0.4, -0.2) is 85.4 Å². The Labute approximate surface area is 155 Å². The van der Waals surface area contributed by atoms with Crippen molar-refractivity contribution in [2.75, 3.05) is 40.3 Å². The maximum atomic E-state index is 12.5. The minimum Gasteiger partial charge on any atom is -0.481 e. The maximum Gasteiger partial charge on any atom is 0.317 e. The van der Waals surface area contributed by atoms with E-state index in [0.717, 1.165) is 12.8 Å². The van der Waals surface area contributed by atoms with Gasteiger partial charge >= 0.3 is 12.0 Å². The van der Waals surface area contributed by atoms with Gasteiger partial charge in [-0.2, -0.15) is 17.0 Å². The van der Waals surface area contributed by atoms with Crippen LogP contribution in [0.4, 0.5) is 4.79 Å². The standard InChI is InChI=1S/C16H30N4O5S/c1-12-8-13(15(21)22)11-19(10-12)16(23)17-9-14-6-4-5-7-20(14)26(24,25)18(2)3/h12-14H,4-11H2,1-3H3,(H,17,23)(H,21,22). The van der Waals surface area contributed by atoms with Gasteiger partial charge in [-0.1, -0.05) is 13.3 Å². The number of carboxylic acid groups (broad SMARTS) is 1. The number of nitrogens with one attached hydrogen (secondary N) is 1. The number of amides is 2. The van der Waals surface area contributed by atoms with Gasteiger partial charge in [0.15, 0.2) is 0 Å². The van der Waals surface area contributed by atoms with E-state index in [1.165, 1.54) is 27.6 Å². The summed E-state index contributed by atoms with van der Waals surface area (Å²) in [5, 5.41) is 12.0. The minimum absolute atomic E-state index is 0.121. The highest BCUT2D eigenvalue weighted by Gasteiger charge is 2.35. The normalized spacial score (nSPS) is 28.2. The molecule has 2 aliphatic rings. The number of piperidine rings is 2. The van der Waals surface area contributed by atoms with Gasteiger partial charge in [0.1, 0.15) is 0 Å². The van der Waals surface area contributed by atoms with Crippen molar-refractivity contribution in [1.82, 2.24) is 18.8 Å². The predicted molar refractivity (Wildman–Crippen MR) is 96.8 cm³/mol. The van der Waals surface area contributed by atoms with E-state index in [0.29, 0.717) is 25.9 Å². The topological polar surface area (TPSA) is 110 Å². The van der Waals surface area contributed by atoms with E-state index in [1.54, 1.807) is 0 Å². The highest BCUT2D eigenvalue weighted by molar-refractivity contribution is 7.86. The first kappa shape index (κ1) is 20.9. The summed E-state index contributed by atoms with van der Waals surface area (Å²) in [6.45, 7) is 3.31. The van der Waals surface area contributed by atoms with Gasteiger partial charge in [-0.25, -0.2) is 4.79 Å². The highest BCUT2D eigenvalue weighted by Crippen LogP contribution is 2.23. The summed E-state index contributed by atoms with van der Waals surface area (Å²) < 4.78 is 27.6. The Hall–Kier alpha value is -1.39. The van der Waals surface area contributed by atoms with Gasteiger partial charge in [-0.3, -0.25) is 4.79 Å². The molecule has 10 heteroatoms. The second-order valence-electron chi connectivity index (χ2n) is 7.52. The lowest BCUT2D eigenvalue weighted by molar-refractivity contribution is -0.143. The molecule has 26 heavy (non-hydrogen) atoms. The SMILES string of the molecule is CC1CC(C(=O)O)CN(C(=O)NCC2CCCCN2S(=O)(=O)N(C)C)C1. The molecule has 0 aliphatic carbocycles. The Morgan fingerprint density at radius 2 is 1.92 bits per heavy atom. The number of aliphatic carboxylic acids is 1. The Morgan fingerprint density at radius 1 is 1.23 bits per heavy atom. The predicted octanol–water partition coefficient (Wildman–Crippen LogP) is 0.400. The number of urea groups is 1. The molecular weight excluding hydrogens is 360 g/mol. The smallest absolute Gasteiger partial charge is 0.317 e. The van der Waals surface area contributed by atoms with Crippen LogP contribution < -0.4 is 5.32 Å². The maximum absolute atomic E-state index is 12.5. The molecule has 2 saturated heterocycles. The van der Waals surface area contributed by atoms with Crippen LogP contribution in [0.2, 0.25) is 0 Å². The highest BCUT2D eigenvalue weighted by atomic mass is 32.2. The number of carbonyl (C=O) groups is 2. The summed E-state index contributed by atoms with van der Waals surface area (Å²) in [5.41, 5.74) is 0. The average molecular weight is 391 g/mol. The zero-order chi connectivity index (χ0) is 19.5. The zero-order valence-corrected chi connectivity index (χ0v) is 16.5. The molecule has 2 rings (SSSR count). The van der Waals surface area contributed by atoms with Crippen LogP contribution in [0.25, 0.3) is 0 Å². The van der Waals surface area contributed by atoms with E-state index < -0.39 is 22.1 Å². The molecule has 3 unspecified atom stereocenters. The van der Waals surface area contributed by atoms with Crippen LogP contribution in [0.5, 0.6) is 0 Å². The van der Waals surface area contributed by atoms with E-state index in [-0.39, 0.29) is 31.1 Å². The average Bonchev–Trinajstić information content (AvgIpc) is 2.59. The second kappa shape index (κ2) is 8.53. The van der Waals surface area contributed by atoms with Gasteiger partial charge in [-0.05, 0) is 25.2 Å². The fraction of sp³-hybridized carbons (Fsp3) is 0.875. The number of likely N-dealkylation sites (tertiary alicyclic amines) is 1. The lowest BCUT2D eigenvalue weighted by Gasteiger charge is -2.38. The zero-order valence-electron chi connectivity index (χ0n) is 15.7. The van der Waals surface area contributed by atoms with E-state index in [1.807, 2.05) is 6.92 Å². The van der Waals surface area contributed by atoms with E-state index in [4.69, 9.17) is 0 Å². The van der Waals surface area contributed by atoms with Crippen molar-refractivity contribution in [2.24, 2.45) is 11.8 Å². The third-order valence-electron chi connectivity index (χ3n) is 5.12. The van der Waals surface area contributed by atoms with E-state index in [9.17, 15) is 23.1 Å². The van der Waals surface area contributed by atoms with Crippen molar-refractivity contribution in [2.45, 2.75) is 38.6 Å². The van der Waals surface area contributed by atoms with Gasteiger partial charge in [-0.15, -0.1) is 0 Å². The molecule has 0 spiro atoms. The van der Waals surface area contributed by atoms with E-state index in [2.05, 4.69) is 5.32 Å². The van der Waals surface area contributed by atoms with Gasteiger partial charge in [0.2, 0.25) is 0 Å². The Bertz CT molecular complexity index is 624. The summed E-state index contributed by atoms with van der Waals surface area (Å²) in [7, 11) is -0.525. The quantitative estimate of drug-likeness (QED) is 0.706. The Balaban J connectivity index is 1.97. The molecule has 0 aromatic heterocycles. The van der Waals surface area contributed by atoms with Crippen molar-refractivity contribution in [3.05, 3.63) is 0 Å². The van der Waals surface area contributed by atoms with Crippen molar-refractivity contribution >= 4 is 22.2 Å². The van der Waals surface area contributed by atoms with Crippen molar-refractivity contribution in [3.63, 3.8) is 0 Å². The molecule has 2 fully saturated rings. The summed E-state index contributed by atoms with van der Waals surface area (Å²) in [4.78, 5) is 25.3. The molecule has 9 nitrogen and oxygen atoms in total. The number of carboxylic acids is 1. The molecule has 2 N–H and O–H groups in total. The van der Waals surface area contributed by atoms with E-state index >= 15 is 0 Å². The number of carbonyl (C=O) groups excluding carboxylic acids is 1. The monoisotopic (exact) mass is 390 g/mol. The lowest BCUT2D eigenvalue weighted by Crippen LogP contribution is -2.55. The van der Waals surface area contributed by atoms with Crippen LogP contribution in [0.3, 0.4) is 0 Å². The molecule has 2 aliphatic heterocycles. The third kappa shape index (κ3) is 4.86. The van der Waals surface area contributed by atoms with Crippen molar-refractivity contribution in [1.29, 1.82) is 0 Å². The molecule has 2 heterocycles. The minimum atomic E-state index is -3.53. The molecule has 2 amide bonds. The number of rotatable bonds is 5. The van der Waals surface area contributed by atoms with Gasteiger partial charge in [0, 0.05) is 46.3 Å². The van der Waals surface area contributed by atoms with Crippen LogP contribution >= 0.6 is 0 Å². The summed E-state index contributed by atoms with van der Waals surface area (Å²) in [5.74, 6) is -1.31. The molecule has 0 radical (unpaired) electrons. The second-order valence-corrected chi connectivity index (χ2v) is 9.61. The Morgan fingerprint density at radius 3 is 2.54 bits per heavy atom. The summed E-state index contributed by atoms with van der Waals surface area (Å²) >= 11 is 0. The first-order valence-electron chi connectivity index (χ1n) is 9.07. The van der Waals surface area contributed by atoms with Crippen LogP contribution in [0.1, 0.15) is 32.6 Å². The van der Waals surface area contributed by atoms with Gasteiger partial charge in [0.05, 0.1) is 5.92 Å². The summed E-state index contributed by atoms with van der Waals surface area (Å²) in [6.07, 6.45) is 2.99. The first-order chi connectivity index (χ1) is 12.1. The first-order valence-corrected chi connectivity index (χ1v) is 10.5. The molecule has 150 valence electrons. The number of nitrogens with zero attached hydrogens (tertiary/aromatic N) is 3. The lowest BCUT2D eigenvalue weighted by atomic mass is 9.91. The van der Waals surface area contributed by atoms with Crippen molar-refractivity contribution in [3.8, 4) is 0 Å². The Kier molecular flexibility index (Phi) is 6.86. The van der Waals surface area contributed by atoms with Crippen LogP contribution in [-0.2, 0) is 15.0 Å². The van der Waals surface area contributed by atoms with Crippen LogP contribution in [0.15, 0.2) is 0 Å². The molecular formula is C16H30N4O5S. The molecule has 0 aromatic carbocycles. The fourth-order valence-corrected chi connectivity index (χ4v) is 5.04. The van der Waals surface area contributed by atoms with Crippen molar-refractivity contribution < 1.29 is 23.1 Å².